The maximum atomic E-state index is 10.3. The van der Waals surface area contributed by atoms with Gasteiger partial charge in [0.15, 0.2) is 0 Å². The molecule has 0 amide bonds. The molecule has 0 aliphatic heterocycles. The monoisotopic (exact) mass is 213 g/mol. The van der Waals surface area contributed by atoms with Crippen molar-refractivity contribution in [3.63, 3.8) is 0 Å². The highest BCUT2D eigenvalue weighted by atomic mass is 16.4. The first kappa shape index (κ1) is 12.5. The van der Waals surface area contributed by atoms with Crippen LogP contribution in [0.5, 0.6) is 0 Å². The average molecular weight is 213 g/mol. The largest absolute Gasteiger partial charge is 0.481 e. The average Bonchev–Trinajstić information content (AvgIpc) is 2.10. The number of nitrogens with one attached hydrogen (secondary N) is 1. The topological polar surface area (TPSA) is 49.3 Å². The van der Waals surface area contributed by atoms with Gasteiger partial charge in [-0.05, 0) is 37.6 Å². The first-order valence-electron chi connectivity index (χ1n) is 5.95. The number of carbonyl (C=O) groups is 1. The van der Waals surface area contributed by atoms with Crippen LogP contribution in [-0.2, 0) is 4.79 Å². The second-order valence-corrected chi connectivity index (χ2v) is 5.41. The standard InChI is InChI=1S/C12H23NO2/c1-12(2)7-3-5-10(9-12)13-8-4-6-11(14)15/h10,13H,3-9H2,1-2H3,(H,14,15). The van der Waals surface area contributed by atoms with Crippen LogP contribution in [-0.4, -0.2) is 23.7 Å². The van der Waals surface area contributed by atoms with Gasteiger partial charge in [-0.25, -0.2) is 0 Å². The first-order valence-corrected chi connectivity index (χ1v) is 5.95. The molecule has 1 unspecified atom stereocenters. The number of hydrogen-bond donors (Lipinski definition) is 2. The molecule has 1 aliphatic rings. The summed E-state index contributed by atoms with van der Waals surface area (Å²) in [6.45, 7) is 5.48. The van der Waals surface area contributed by atoms with Crippen LogP contribution in [0.1, 0.15) is 52.4 Å². The number of hydrogen-bond acceptors (Lipinski definition) is 2. The van der Waals surface area contributed by atoms with Crippen LogP contribution in [0.2, 0.25) is 0 Å². The van der Waals surface area contributed by atoms with Gasteiger partial charge in [-0.1, -0.05) is 20.3 Å². The molecule has 15 heavy (non-hydrogen) atoms. The van der Waals surface area contributed by atoms with Crippen molar-refractivity contribution >= 4 is 5.97 Å². The lowest BCUT2D eigenvalue weighted by Crippen LogP contribution is -2.37. The molecular formula is C12H23NO2. The Hall–Kier alpha value is -0.570. The van der Waals surface area contributed by atoms with Crippen molar-refractivity contribution < 1.29 is 9.90 Å². The van der Waals surface area contributed by atoms with Gasteiger partial charge in [0, 0.05) is 12.5 Å². The van der Waals surface area contributed by atoms with Gasteiger partial charge in [0.25, 0.3) is 0 Å². The fourth-order valence-corrected chi connectivity index (χ4v) is 2.42. The van der Waals surface area contributed by atoms with E-state index in [2.05, 4.69) is 19.2 Å². The van der Waals surface area contributed by atoms with E-state index in [1.54, 1.807) is 0 Å². The summed E-state index contributed by atoms with van der Waals surface area (Å²) >= 11 is 0. The third kappa shape index (κ3) is 5.17. The van der Waals surface area contributed by atoms with Gasteiger partial charge in [0.2, 0.25) is 0 Å². The summed E-state index contributed by atoms with van der Waals surface area (Å²) in [5, 5.41) is 12.0. The van der Waals surface area contributed by atoms with E-state index >= 15 is 0 Å². The zero-order valence-electron chi connectivity index (χ0n) is 9.88. The van der Waals surface area contributed by atoms with E-state index in [1.165, 1.54) is 25.7 Å². The molecule has 0 radical (unpaired) electrons. The first-order chi connectivity index (χ1) is 6.99. The highest BCUT2D eigenvalue weighted by Gasteiger charge is 2.27. The highest BCUT2D eigenvalue weighted by Crippen LogP contribution is 2.34. The molecule has 88 valence electrons. The Morgan fingerprint density at radius 1 is 1.53 bits per heavy atom. The molecule has 0 aromatic rings. The van der Waals surface area contributed by atoms with Crippen molar-refractivity contribution in [2.45, 2.75) is 58.4 Å². The lowest BCUT2D eigenvalue weighted by molar-refractivity contribution is -0.137. The van der Waals surface area contributed by atoms with Gasteiger partial charge in [-0.2, -0.15) is 0 Å². The van der Waals surface area contributed by atoms with Crippen LogP contribution < -0.4 is 5.32 Å². The van der Waals surface area contributed by atoms with Gasteiger partial charge in [-0.15, -0.1) is 0 Å². The quantitative estimate of drug-likeness (QED) is 0.689. The molecule has 0 heterocycles. The molecule has 1 aliphatic carbocycles. The summed E-state index contributed by atoms with van der Waals surface area (Å²) < 4.78 is 0. The van der Waals surface area contributed by atoms with Gasteiger partial charge in [0.1, 0.15) is 0 Å². The fourth-order valence-electron chi connectivity index (χ4n) is 2.42. The third-order valence-electron chi connectivity index (χ3n) is 3.21. The van der Waals surface area contributed by atoms with Crippen LogP contribution in [0.15, 0.2) is 0 Å². The van der Waals surface area contributed by atoms with Crippen molar-refractivity contribution in [2.75, 3.05) is 6.54 Å². The SMILES string of the molecule is CC1(C)CCCC(NCCCC(=O)O)C1. The number of carboxylic acids is 1. The zero-order valence-corrected chi connectivity index (χ0v) is 9.88. The predicted octanol–water partition coefficient (Wildman–Crippen LogP) is 2.41. The smallest absolute Gasteiger partial charge is 0.303 e. The van der Waals surface area contributed by atoms with Crippen molar-refractivity contribution in [3.05, 3.63) is 0 Å². The van der Waals surface area contributed by atoms with E-state index < -0.39 is 5.97 Å². The summed E-state index contributed by atoms with van der Waals surface area (Å²) in [6, 6.07) is 0.600. The molecule has 0 spiro atoms. The predicted molar refractivity (Wildman–Crippen MR) is 60.9 cm³/mol. The number of rotatable bonds is 5. The molecule has 1 atom stereocenters. The molecule has 0 aromatic heterocycles. The van der Waals surface area contributed by atoms with Gasteiger partial charge in [-0.3, -0.25) is 4.79 Å². The number of aliphatic carboxylic acids is 1. The van der Waals surface area contributed by atoms with E-state index in [0.717, 1.165) is 13.0 Å². The van der Waals surface area contributed by atoms with E-state index in [0.29, 0.717) is 11.5 Å². The van der Waals surface area contributed by atoms with Crippen LogP contribution in [0.3, 0.4) is 0 Å². The molecule has 1 fully saturated rings. The summed E-state index contributed by atoms with van der Waals surface area (Å²) in [5.74, 6) is -0.694. The highest BCUT2D eigenvalue weighted by molar-refractivity contribution is 5.66. The second kappa shape index (κ2) is 5.50. The Morgan fingerprint density at radius 2 is 2.27 bits per heavy atom. The Bertz CT molecular complexity index is 214. The molecule has 1 rings (SSSR count). The van der Waals surface area contributed by atoms with E-state index in [1.807, 2.05) is 0 Å². The van der Waals surface area contributed by atoms with Crippen molar-refractivity contribution in [1.82, 2.24) is 5.32 Å². The van der Waals surface area contributed by atoms with E-state index in [4.69, 9.17) is 5.11 Å². The van der Waals surface area contributed by atoms with E-state index in [-0.39, 0.29) is 6.42 Å². The Kier molecular flexibility index (Phi) is 4.58. The normalized spacial score (nSPS) is 25.1. The molecule has 1 saturated carbocycles. The van der Waals surface area contributed by atoms with Crippen molar-refractivity contribution in [1.29, 1.82) is 0 Å². The van der Waals surface area contributed by atoms with Gasteiger partial charge < -0.3 is 10.4 Å². The molecule has 0 saturated heterocycles. The third-order valence-corrected chi connectivity index (χ3v) is 3.21. The van der Waals surface area contributed by atoms with Crippen LogP contribution in [0.4, 0.5) is 0 Å². The maximum absolute atomic E-state index is 10.3. The van der Waals surface area contributed by atoms with Crippen molar-refractivity contribution in [2.24, 2.45) is 5.41 Å². The van der Waals surface area contributed by atoms with E-state index in [9.17, 15) is 4.79 Å². The lowest BCUT2D eigenvalue weighted by Gasteiger charge is -2.35. The lowest BCUT2D eigenvalue weighted by atomic mass is 9.75. The van der Waals surface area contributed by atoms with Gasteiger partial charge in [0.05, 0.1) is 0 Å². The summed E-state index contributed by atoms with van der Waals surface area (Å²) in [5.41, 5.74) is 0.461. The van der Waals surface area contributed by atoms with Crippen molar-refractivity contribution in [3.8, 4) is 0 Å². The van der Waals surface area contributed by atoms with Gasteiger partial charge >= 0.3 is 5.97 Å². The molecule has 0 aromatic carbocycles. The Morgan fingerprint density at radius 3 is 2.87 bits per heavy atom. The molecular weight excluding hydrogens is 190 g/mol. The zero-order chi connectivity index (χ0) is 11.3. The molecule has 3 nitrogen and oxygen atoms in total. The molecule has 3 heteroatoms. The maximum Gasteiger partial charge on any atom is 0.303 e. The minimum absolute atomic E-state index is 0.281. The molecule has 2 N–H and O–H groups in total. The number of carboxylic acid groups (broad SMARTS) is 1. The summed E-state index contributed by atoms with van der Waals surface area (Å²) in [7, 11) is 0. The van der Waals surface area contributed by atoms with Crippen LogP contribution in [0.25, 0.3) is 0 Å². The summed E-state index contributed by atoms with van der Waals surface area (Å²) in [4.78, 5) is 10.3. The minimum atomic E-state index is -0.694. The second-order valence-electron chi connectivity index (χ2n) is 5.41. The van der Waals surface area contributed by atoms with Crippen LogP contribution in [0, 0.1) is 5.41 Å². The minimum Gasteiger partial charge on any atom is -0.481 e. The molecule has 0 bridgehead atoms. The Balaban J connectivity index is 2.13. The van der Waals surface area contributed by atoms with Crippen LogP contribution >= 0.6 is 0 Å². The fraction of sp³-hybridized carbons (Fsp3) is 0.917. The Labute approximate surface area is 92.3 Å². The summed E-state index contributed by atoms with van der Waals surface area (Å²) in [6.07, 6.45) is 6.11.